The molecule has 2 aliphatic rings. The molecular weight excluding hydrogens is 609 g/mol. The fraction of sp³-hybridized carbons (Fsp3) is 0.412. The number of ketones is 1. The van der Waals surface area contributed by atoms with E-state index in [0.29, 0.717) is 54.3 Å². The van der Waals surface area contributed by atoms with Crippen LogP contribution < -0.4 is 10.6 Å². The van der Waals surface area contributed by atoms with Crippen molar-refractivity contribution in [2.75, 3.05) is 33.4 Å². The van der Waals surface area contributed by atoms with Crippen LogP contribution in [0.25, 0.3) is 0 Å². The smallest absolute Gasteiger partial charge is 0.407 e. The Morgan fingerprint density at radius 1 is 1.04 bits per heavy atom. The van der Waals surface area contributed by atoms with Crippen molar-refractivity contribution in [3.8, 4) is 0 Å². The second-order valence-corrected chi connectivity index (χ2v) is 12.0. The highest BCUT2D eigenvalue weighted by Gasteiger charge is 2.39. The molecule has 0 aromatic heterocycles. The summed E-state index contributed by atoms with van der Waals surface area (Å²) in [7, 11) is 1.15. The van der Waals surface area contributed by atoms with Gasteiger partial charge in [0, 0.05) is 62.6 Å². The number of rotatable bonds is 10. The monoisotopic (exact) mass is 644 g/mol. The highest BCUT2D eigenvalue weighted by atomic mass is 35.5. The van der Waals surface area contributed by atoms with E-state index in [9.17, 15) is 18.4 Å². The predicted octanol–water partition coefficient (Wildman–Crippen LogP) is 5.90. The topological polar surface area (TPSA) is 85.9 Å². The maximum absolute atomic E-state index is 15.3. The number of alkyl carbamates (subject to hydrolysis) is 1. The van der Waals surface area contributed by atoms with Crippen LogP contribution in [0.1, 0.15) is 47.4 Å². The molecule has 0 unspecified atom stereocenters. The third-order valence-electron chi connectivity index (χ3n) is 8.55. The van der Waals surface area contributed by atoms with Crippen molar-refractivity contribution in [3.05, 3.63) is 105 Å². The van der Waals surface area contributed by atoms with Crippen molar-refractivity contribution >= 4 is 23.5 Å². The maximum Gasteiger partial charge on any atom is 0.407 e. The van der Waals surface area contributed by atoms with Crippen molar-refractivity contribution in [1.82, 2.24) is 10.6 Å². The van der Waals surface area contributed by atoms with Gasteiger partial charge in [-0.05, 0) is 65.4 Å². The number of benzene rings is 3. The minimum atomic E-state index is -1.32. The van der Waals surface area contributed by atoms with Gasteiger partial charge >= 0.3 is 6.09 Å². The molecule has 2 fully saturated rings. The number of carbonyl (C=O) groups excluding carboxylic acids is 2. The summed E-state index contributed by atoms with van der Waals surface area (Å²) in [6, 6.07) is 12.6. The van der Waals surface area contributed by atoms with Crippen molar-refractivity contribution in [2.45, 2.75) is 55.8 Å². The standard InChI is InChI=1S/C34H36ClF3N2O5/c1-43-33(42)40-32(31(21-5-7-24(35)8-6-21)23-15-25(36)18-26(37)16-23)30(41)17-22-3-2-4-29(38)28(22)10-9-27-19-39-20-34(45-27)11-13-44-14-12-34/h2-8,15-16,18,27,31-32,39H,9-14,17,19-20H2,1H3,(H,40,42)/t27-,31+,32-/m1/s1. The van der Waals surface area contributed by atoms with Crippen molar-refractivity contribution in [1.29, 1.82) is 0 Å². The molecule has 3 atom stereocenters. The Morgan fingerprint density at radius 3 is 2.44 bits per heavy atom. The van der Waals surface area contributed by atoms with Crippen molar-refractivity contribution < 1.29 is 37.0 Å². The molecule has 2 saturated heterocycles. The summed E-state index contributed by atoms with van der Waals surface area (Å²) in [6.45, 7) is 2.64. The van der Waals surface area contributed by atoms with Crippen LogP contribution in [0, 0.1) is 17.5 Å². The highest BCUT2D eigenvalue weighted by Crippen LogP contribution is 2.33. The second-order valence-electron chi connectivity index (χ2n) is 11.6. The van der Waals surface area contributed by atoms with Crippen LogP contribution in [0.5, 0.6) is 0 Å². The number of halogens is 4. The highest BCUT2D eigenvalue weighted by molar-refractivity contribution is 6.30. The largest absolute Gasteiger partial charge is 0.453 e. The zero-order valence-electron chi connectivity index (χ0n) is 24.9. The van der Waals surface area contributed by atoms with Gasteiger partial charge in [0.15, 0.2) is 5.78 Å². The summed E-state index contributed by atoms with van der Waals surface area (Å²) >= 11 is 6.10. The molecule has 0 radical (unpaired) electrons. The summed E-state index contributed by atoms with van der Waals surface area (Å²) in [6.07, 6.45) is 1.10. The molecule has 11 heteroatoms. The molecule has 45 heavy (non-hydrogen) atoms. The van der Waals surface area contributed by atoms with E-state index in [2.05, 4.69) is 10.6 Å². The summed E-state index contributed by atoms with van der Waals surface area (Å²) in [4.78, 5) is 26.6. The van der Waals surface area contributed by atoms with E-state index in [0.717, 1.165) is 44.7 Å². The van der Waals surface area contributed by atoms with Gasteiger partial charge in [0.1, 0.15) is 23.5 Å². The van der Waals surface area contributed by atoms with Gasteiger partial charge in [-0.1, -0.05) is 35.9 Å². The van der Waals surface area contributed by atoms with Gasteiger partial charge < -0.3 is 24.8 Å². The Hall–Kier alpha value is -3.44. The third-order valence-corrected chi connectivity index (χ3v) is 8.80. The Kier molecular flexibility index (Phi) is 10.8. The van der Waals surface area contributed by atoms with Crippen molar-refractivity contribution in [2.24, 2.45) is 0 Å². The minimum Gasteiger partial charge on any atom is -0.453 e. The molecule has 2 N–H and O–H groups in total. The lowest BCUT2D eigenvalue weighted by atomic mass is 9.81. The molecule has 3 aromatic rings. The summed E-state index contributed by atoms with van der Waals surface area (Å²) in [5, 5.41) is 6.42. The van der Waals surface area contributed by atoms with Crippen LogP contribution in [-0.4, -0.2) is 63.0 Å². The molecule has 2 heterocycles. The van der Waals surface area contributed by atoms with Crippen LogP contribution in [0.15, 0.2) is 60.7 Å². The van der Waals surface area contributed by atoms with Gasteiger partial charge in [0.25, 0.3) is 0 Å². The number of amides is 1. The van der Waals surface area contributed by atoms with Gasteiger partial charge in [0.05, 0.1) is 18.8 Å². The molecule has 0 bridgehead atoms. The Labute approximate surface area is 265 Å². The number of carbonyl (C=O) groups is 2. The molecule has 240 valence electrons. The lowest BCUT2D eigenvalue weighted by molar-refractivity contribution is -0.160. The van der Waals surface area contributed by atoms with E-state index in [1.165, 1.54) is 12.1 Å². The molecule has 1 spiro atoms. The quantitative estimate of drug-likeness (QED) is 0.286. The average molecular weight is 645 g/mol. The fourth-order valence-corrected chi connectivity index (χ4v) is 6.41. The average Bonchev–Trinajstić information content (AvgIpc) is 3.01. The molecule has 1 amide bonds. The van der Waals surface area contributed by atoms with Crippen LogP contribution in [0.4, 0.5) is 18.0 Å². The predicted molar refractivity (Wildman–Crippen MR) is 163 cm³/mol. The molecule has 0 aliphatic carbocycles. The first-order chi connectivity index (χ1) is 21.7. The Bertz CT molecular complexity index is 1470. The van der Waals surface area contributed by atoms with Gasteiger partial charge in [-0.15, -0.1) is 0 Å². The molecule has 7 nitrogen and oxygen atoms in total. The van der Waals surface area contributed by atoms with E-state index >= 15 is 4.39 Å². The first kappa shape index (κ1) is 32.9. The molecular formula is C34H36ClF3N2O5. The number of methoxy groups -OCH3 is 1. The number of hydrogen-bond donors (Lipinski definition) is 2. The summed E-state index contributed by atoms with van der Waals surface area (Å²) < 4.78 is 61.0. The van der Waals surface area contributed by atoms with Gasteiger partial charge in [-0.25, -0.2) is 18.0 Å². The van der Waals surface area contributed by atoms with E-state index in [4.69, 9.17) is 25.8 Å². The zero-order valence-corrected chi connectivity index (χ0v) is 25.7. The lowest BCUT2D eigenvalue weighted by Crippen LogP contribution is -2.56. The van der Waals surface area contributed by atoms with Crippen LogP contribution in [-0.2, 0) is 31.8 Å². The van der Waals surface area contributed by atoms with Crippen molar-refractivity contribution in [3.63, 3.8) is 0 Å². The molecule has 5 rings (SSSR count). The summed E-state index contributed by atoms with van der Waals surface area (Å²) in [5.41, 5.74) is 1.12. The van der Waals surface area contributed by atoms with E-state index in [1.807, 2.05) is 0 Å². The van der Waals surface area contributed by atoms with Gasteiger partial charge in [-0.3, -0.25) is 4.79 Å². The number of Topliss-reactive ketones (excluding diaryl/α,β-unsaturated/α-hetero) is 1. The number of nitrogens with one attached hydrogen (secondary N) is 2. The number of morpholine rings is 1. The van der Waals surface area contributed by atoms with E-state index in [-0.39, 0.29) is 23.7 Å². The molecule has 0 saturated carbocycles. The van der Waals surface area contributed by atoms with Crippen LogP contribution in [0.3, 0.4) is 0 Å². The van der Waals surface area contributed by atoms with Crippen LogP contribution in [0.2, 0.25) is 5.02 Å². The third kappa shape index (κ3) is 8.24. The molecule has 3 aromatic carbocycles. The van der Waals surface area contributed by atoms with Gasteiger partial charge in [-0.2, -0.15) is 0 Å². The first-order valence-corrected chi connectivity index (χ1v) is 15.4. The number of ether oxygens (including phenoxy) is 3. The Balaban J connectivity index is 1.42. The normalized spacial score (nSPS) is 19.1. The van der Waals surface area contributed by atoms with E-state index in [1.54, 1.807) is 30.3 Å². The lowest BCUT2D eigenvalue weighted by Gasteiger charge is -2.44. The van der Waals surface area contributed by atoms with Crippen LogP contribution >= 0.6 is 11.6 Å². The SMILES string of the molecule is COC(=O)N[C@H](C(=O)Cc1cccc(F)c1CC[C@@H]1CNCC2(CCOCC2)O1)[C@@H](c1ccc(Cl)cc1)c1cc(F)cc(F)c1. The fourth-order valence-electron chi connectivity index (χ4n) is 6.29. The van der Waals surface area contributed by atoms with E-state index < -0.39 is 41.3 Å². The zero-order chi connectivity index (χ0) is 32.0. The minimum absolute atomic E-state index is 0.119. The number of hydrogen-bond acceptors (Lipinski definition) is 6. The Morgan fingerprint density at radius 2 is 1.76 bits per heavy atom. The maximum atomic E-state index is 15.3. The molecule has 2 aliphatic heterocycles. The first-order valence-electron chi connectivity index (χ1n) is 15.0. The second kappa shape index (κ2) is 14.8. The summed E-state index contributed by atoms with van der Waals surface area (Å²) in [5.74, 6) is -3.67. The van der Waals surface area contributed by atoms with Gasteiger partial charge in [0.2, 0.25) is 0 Å².